The Labute approximate surface area is 107 Å². The van der Waals surface area contributed by atoms with Crippen LogP contribution in [-0.2, 0) is 9.68 Å². The Kier molecular flexibility index (Phi) is 12.1. The van der Waals surface area contributed by atoms with Gasteiger partial charge in [-0.2, -0.15) is 9.68 Å². The fourth-order valence-corrected chi connectivity index (χ4v) is 1.04. The van der Waals surface area contributed by atoms with Crippen LogP contribution in [0.5, 0.6) is 0 Å². The van der Waals surface area contributed by atoms with Crippen molar-refractivity contribution in [3.8, 4) is 0 Å². The normalized spacial score (nSPS) is 12.0. The predicted octanol–water partition coefficient (Wildman–Crippen LogP) is -3.55. The highest BCUT2D eigenvalue weighted by Crippen LogP contribution is 2.08. The molecule has 0 aliphatic rings. The molecule has 0 aromatic heterocycles. The van der Waals surface area contributed by atoms with Gasteiger partial charge in [0.05, 0.1) is 13.2 Å². The maximum Gasteiger partial charge on any atom is 0.404 e. The molecule has 0 atom stereocenters. The molecule has 0 aromatic rings. The van der Waals surface area contributed by atoms with Gasteiger partial charge in [-0.05, 0) is 18.7 Å². The van der Waals surface area contributed by atoms with Gasteiger partial charge in [0.1, 0.15) is 26.3 Å². The van der Waals surface area contributed by atoms with E-state index in [1.54, 1.807) is 0 Å². The molecular weight excluding hydrogens is 266 g/mol. The van der Waals surface area contributed by atoms with Crippen molar-refractivity contribution in [2.45, 2.75) is 13.8 Å². The molecule has 0 saturated carbocycles. The second-order valence-corrected chi connectivity index (χ2v) is 4.28. The molecule has 0 heterocycles. The van der Waals surface area contributed by atoms with Crippen molar-refractivity contribution in [3.63, 3.8) is 0 Å². The Bertz CT molecular complexity index is 168. The molecule has 0 aliphatic carbocycles. The van der Waals surface area contributed by atoms with E-state index in [1.807, 2.05) is 13.8 Å². The minimum atomic E-state index is -4.86. The fourth-order valence-electron chi connectivity index (χ4n) is 1.04. The molecule has 9 nitrogen and oxygen atoms in total. The molecule has 112 valence electrons. The molecule has 10 heteroatoms. The highest BCUT2D eigenvalue weighted by atomic mass is 28.4. The Balaban J connectivity index is 0. The van der Waals surface area contributed by atoms with Crippen LogP contribution in [0.25, 0.3) is 0 Å². The first kappa shape index (κ1) is 20.2. The summed E-state index contributed by atoms with van der Waals surface area (Å²) in [7, 11) is -4.86. The molecule has 0 unspecified atom stereocenters. The van der Waals surface area contributed by atoms with Gasteiger partial charge in [-0.1, -0.05) is 0 Å². The van der Waals surface area contributed by atoms with Crippen LogP contribution < -0.4 is 4.80 Å². The van der Waals surface area contributed by atoms with Gasteiger partial charge in [0.25, 0.3) is 0 Å². The summed E-state index contributed by atoms with van der Waals surface area (Å²) in [6.07, 6.45) is 0. The minimum Gasteiger partial charge on any atom is -0.794 e. The van der Waals surface area contributed by atoms with E-state index in [2.05, 4.69) is 0 Å². The van der Waals surface area contributed by atoms with E-state index < -0.39 is 9.05 Å². The van der Waals surface area contributed by atoms with E-state index in [0.717, 1.165) is 0 Å². The number of aliphatic hydroxyl groups excluding tert-OH is 2. The van der Waals surface area contributed by atoms with Gasteiger partial charge in [-0.3, -0.25) is 0 Å². The average Bonchev–Trinajstić information content (AvgIpc) is 2.28. The van der Waals surface area contributed by atoms with Gasteiger partial charge in [0, 0.05) is 0 Å². The molecule has 0 bridgehead atoms. The molecule has 0 fully saturated rings. The number of nitrogens with zero attached hydrogens (tertiary/aromatic N) is 1. The largest absolute Gasteiger partial charge is 0.794 e. The quantitative estimate of drug-likeness (QED) is 0.176. The minimum absolute atomic E-state index is 0.0253. The molecule has 0 aromatic carbocycles. The Hall–Kier alpha value is -0.143. The van der Waals surface area contributed by atoms with Crippen LogP contribution in [0.2, 0.25) is 0 Å². The van der Waals surface area contributed by atoms with E-state index in [0.29, 0.717) is 13.1 Å². The molecule has 0 saturated heterocycles. The lowest BCUT2D eigenvalue weighted by molar-refractivity contribution is -1.24. The number of hydroxylamine groups is 4. The first-order valence-corrected chi connectivity index (χ1v) is 7.25. The average molecular weight is 289 g/mol. The lowest BCUT2D eigenvalue weighted by Crippen LogP contribution is -2.50. The lowest BCUT2D eigenvalue weighted by atomic mass is 10.6. The number of rotatable bonds is 8. The van der Waals surface area contributed by atoms with Crippen LogP contribution in [0.15, 0.2) is 0 Å². The van der Waals surface area contributed by atoms with Crippen molar-refractivity contribution in [2.24, 2.45) is 0 Å². The van der Waals surface area contributed by atoms with Crippen LogP contribution >= 0.6 is 0 Å². The SMILES string of the molecule is CC[N+](CC)(OCCO)OCCO.[O-][Si](O)(O)O. The van der Waals surface area contributed by atoms with Crippen LogP contribution in [-0.4, -0.2) is 78.0 Å². The Morgan fingerprint density at radius 2 is 1.22 bits per heavy atom. The molecule has 0 radical (unpaired) electrons. The first-order chi connectivity index (χ1) is 8.24. The molecule has 0 spiro atoms. The third-order valence-corrected chi connectivity index (χ3v) is 1.80. The molecular formula is C8H23NO8Si. The number of quaternary nitrogens is 1. The topological polar surface area (TPSA) is 143 Å². The van der Waals surface area contributed by atoms with E-state index in [1.165, 1.54) is 0 Å². The smallest absolute Gasteiger partial charge is 0.404 e. The van der Waals surface area contributed by atoms with Crippen molar-refractivity contribution in [1.82, 2.24) is 0 Å². The van der Waals surface area contributed by atoms with Crippen molar-refractivity contribution < 1.29 is 43.9 Å². The zero-order chi connectivity index (χ0) is 14.7. The number of aliphatic hydroxyl groups is 2. The summed E-state index contributed by atoms with van der Waals surface area (Å²) in [5.41, 5.74) is 0. The number of hydrogen-bond acceptors (Lipinski definition) is 8. The van der Waals surface area contributed by atoms with E-state index in [4.69, 9.17) is 39.1 Å². The summed E-state index contributed by atoms with van der Waals surface area (Å²) in [6, 6.07) is 0. The van der Waals surface area contributed by atoms with Crippen molar-refractivity contribution in [2.75, 3.05) is 39.5 Å². The fraction of sp³-hybridized carbons (Fsp3) is 1.00. The Morgan fingerprint density at radius 3 is 1.39 bits per heavy atom. The Morgan fingerprint density at radius 1 is 0.944 bits per heavy atom. The second-order valence-electron chi connectivity index (χ2n) is 3.13. The van der Waals surface area contributed by atoms with Gasteiger partial charge in [-0.25, -0.2) is 0 Å². The van der Waals surface area contributed by atoms with Crippen LogP contribution in [0.4, 0.5) is 0 Å². The van der Waals surface area contributed by atoms with Crippen molar-refractivity contribution >= 4 is 9.05 Å². The molecule has 0 rings (SSSR count). The third kappa shape index (κ3) is 13.9. The van der Waals surface area contributed by atoms with Gasteiger partial charge in [0.15, 0.2) is 0 Å². The molecule has 0 aliphatic heterocycles. The van der Waals surface area contributed by atoms with E-state index >= 15 is 0 Å². The van der Waals surface area contributed by atoms with Crippen molar-refractivity contribution in [1.29, 1.82) is 0 Å². The summed E-state index contributed by atoms with van der Waals surface area (Å²) < 4.78 is 0. The van der Waals surface area contributed by atoms with Gasteiger partial charge in [-0.15, -0.1) is 0 Å². The van der Waals surface area contributed by atoms with Crippen molar-refractivity contribution in [3.05, 3.63) is 0 Å². The lowest BCUT2D eigenvalue weighted by Gasteiger charge is -2.29. The maximum atomic E-state index is 8.91. The van der Waals surface area contributed by atoms with E-state index in [9.17, 15) is 0 Å². The monoisotopic (exact) mass is 289 g/mol. The molecule has 0 amide bonds. The predicted molar refractivity (Wildman–Crippen MR) is 59.8 cm³/mol. The summed E-state index contributed by atoms with van der Waals surface area (Å²) in [6.45, 7) is 5.59. The zero-order valence-electron chi connectivity index (χ0n) is 10.7. The van der Waals surface area contributed by atoms with E-state index in [-0.39, 0.29) is 31.2 Å². The highest BCUT2D eigenvalue weighted by molar-refractivity contribution is 6.44. The standard InChI is InChI=1S/C8H20NO4.H3O4Si/c1-3-9(4-2,12-7-5-10)13-8-6-11;1-5(2,3)4/h10-11H,3-8H2,1-2H3;1-3H/q+1;-1. The summed E-state index contributed by atoms with van der Waals surface area (Å²) >= 11 is 0. The van der Waals surface area contributed by atoms with Crippen LogP contribution in [0.3, 0.4) is 0 Å². The zero-order valence-corrected chi connectivity index (χ0v) is 11.7. The molecule has 18 heavy (non-hydrogen) atoms. The number of hydrogen-bond donors (Lipinski definition) is 5. The summed E-state index contributed by atoms with van der Waals surface area (Å²) in [4.78, 5) is 41.3. The van der Waals surface area contributed by atoms with Crippen LogP contribution in [0, 0.1) is 0 Å². The highest BCUT2D eigenvalue weighted by Gasteiger charge is 2.27. The first-order valence-electron chi connectivity index (χ1n) is 5.50. The van der Waals surface area contributed by atoms with Gasteiger partial charge < -0.3 is 29.4 Å². The summed E-state index contributed by atoms with van der Waals surface area (Å²) in [5.74, 6) is 0. The summed E-state index contributed by atoms with van der Waals surface area (Å²) in [5, 5.41) is 17.2. The molecule has 5 N–H and O–H groups in total. The maximum absolute atomic E-state index is 8.91. The van der Waals surface area contributed by atoms with Crippen LogP contribution in [0.1, 0.15) is 13.8 Å². The van der Waals surface area contributed by atoms with Gasteiger partial charge in [0.2, 0.25) is 0 Å². The second kappa shape index (κ2) is 10.7. The third-order valence-electron chi connectivity index (χ3n) is 1.80. The van der Waals surface area contributed by atoms with Gasteiger partial charge >= 0.3 is 9.05 Å².